The van der Waals surface area contributed by atoms with Gasteiger partial charge in [-0.05, 0) is 25.8 Å². The zero-order chi connectivity index (χ0) is 12.1. The van der Waals surface area contributed by atoms with E-state index in [1.165, 1.54) is 32.5 Å². The van der Waals surface area contributed by atoms with Gasteiger partial charge in [-0.25, -0.2) is 0 Å². The zero-order valence-corrected chi connectivity index (χ0v) is 11.2. The summed E-state index contributed by atoms with van der Waals surface area (Å²) >= 11 is 0. The van der Waals surface area contributed by atoms with Crippen molar-refractivity contribution in [1.29, 1.82) is 0 Å². The summed E-state index contributed by atoms with van der Waals surface area (Å²) in [6.07, 6.45) is 3.62. The second kappa shape index (κ2) is 6.14. The molecule has 2 saturated heterocycles. The minimum Gasteiger partial charge on any atom is -0.379 e. The van der Waals surface area contributed by atoms with Crippen molar-refractivity contribution in [2.24, 2.45) is 5.73 Å². The van der Waals surface area contributed by atoms with Gasteiger partial charge in [-0.15, -0.1) is 0 Å². The monoisotopic (exact) mass is 241 g/mol. The number of hydrogen-bond acceptors (Lipinski definition) is 4. The Labute approximate surface area is 105 Å². The Kier molecular flexibility index (Phi) is 4.79. The number of rotatable bonds is 4. The first-order valence-corrected chi connectivity index (χ1v) is 7.06. The number of nitrogens with two attached hydrogens (primary N) is 1. The van der Waals surface area contributed by atoms with E-state index in [1.54, 1.807) is 0 Å². The molecular formula is C13H27N3O. The van der Waals surface area contributed by atoms with Crippen LogP contribution in [0.15, 0.2) is 0 Å². The lowest BCUT2D eigenvalue weighted by Gasteiger charge is -2.49. The first-order valence-electron chi connectivity index (χ1n) is 7.06. The summed E-state index contributed by atoms with van der Waals surface area (Å²) in [6.45, 7) is 10.7. The van der Waals surface area contributed by atoms with Gasteiger partial charge >= 0.3 is 0 Å². The predicted molar refractivity (Wildman–Crippen MR) is 70.1 cm³/mol. The van der Waals surface area contributed by atoms with Gasteiger partial charge in [0.25, 0.3) is 0 Å². The summed E-state index contributed by atoms with van der Waals surface area (Å²) in [5.74, 6) is 0. The molecule has 2 rings (SSSR count). The van der Waals surface area contributed by atoms with Crippen LogP contribution in [0, 0.1) is 0 Å². The van der Waals surface area contributed by atoms with E-state index < -0.39 is 0 Å². The van der Waals surface area contributed by atoms with Crippen molar-refractivity contribution in [3.8, 4) is 0 Å². The third-order valence-electron chi connectivity index (χ3n) is 4.26. The molecule has 17 heavy (non-hydrogen) atoms. The summed E-state index contributed by atoms with van der Waals surface area (Å²) in [6, 6.07) is 0. The highest BCUT2D eigenvalue weighted by Crippen LogP contribution is 2.26. The molecule has 0 saturated carbocycles. The van der Waals surface area contributed by atoms with Crippen LogP contribution < -0.4 is 5.73 Å². The molecule has 2 fully saturated rings. The van der Waals surface area contributed by atoms with E-state index in [-0.39, 0.29) is 5.54 Å². The van der Waals surface area contributed by atoms with Gasteiger partial charge in [-0.2, -0.15) is 0 Å². The Morgan fingerprint density at radius 2 is 2.00 bits per heavy atom. The van der Waals surface area contributed by atoms with Crippen LogP contribution in [0.1, 0.15) is 26.2 Å². The molecule has 100 valence electrons. The molecule has 4 nitrogen and oxygen atoms in total. The van der Waals surface area contributed by atoms with Crippen LogP contribution in [0.5, 0.6) is 0 Å². The SMILES string of the molecule is CCCN1CCN(C2(CN)CCCOC2)CC1. The van der Waals surface area contributed by atoms with E-state index in [4.69, 9.17) is 10.5 Å². The molecule has 4 heteroatoms. The molecule has 0 spiro atoms. The van der Waals surface area contributed by atoms with Crippen LogP contribution in [0.3, 0.4) is 0 Å². The second-order valence-corrected chi connectivity index (χ2v) is 5.41. The van der Waals surface area contributed by atoms with Crippen LogP contribution in [0.4, 0.5) is 0 Å². The molecule has 2 aliphatic heterocycles. The van der Waals surface area contributed by atoms with Crippen molar-refractivity contribution in [3.05, 3.63) is 0 Å². The Hall–Kier alpha value is -0.160. The summed E-state index contributed by atoms with van der Waals surface area (Å²) < 4.78 is 5.67. The van der Waals surface area contributed by atoms with Crippen molar-refractivity contribution in [2.45, 2.75) is 31.7 Å². The van der Waals surface area contributed by atoms with Crippen LogP contribution in [0.25, 0.3) is 0 Å². The van der Waals surface area contributed by atoms with E-state index in [0.717, 1.165) is 39.3 Å². The standard InChI is InChI=1S/C13H27N3O/c1-2-5-15-6-8-16(9-7-15)13(11-14)4-3-10-17-12-13/h2-12,14H2,1H3. The van der Waals surface area contributed by atoms with E-state index >= 15 is 0 Å². The van der Waals surface area contributed by atoms with Gasteiger partial charge in [-0.3, -0.25) is 4.90 Å². The Balaban J connectivity index is 1.89. The molecule has 0 bridgehead atoms. The first kappa shape index (κ1) is 13.3. The van der Waals surface area contributed by atoms with Crippen molar-refractivity contribution in [1.82, 2.24) is 9.80 Å². The fourth-order valence-electron chi connectivity index (χ4n) is 3.14. The summed E-state index contributed by atoms with van der Waals surface area (Å²) in [5.41, 5.74) is 6.16. The van der Waals surface area contributed by atoms with Gasteiger partial charge in [-0.1, -0.05) is 6.92 Å². The van der Waals surface area contributed by atoms with Crippen LogP contribution in [-0.2, 0) is 4.74 Å². The average molecular weight is 241 g/mol. The number of piperazine rings is 1. The fourth-order valence-corrected chi connectivity index (χ4v) is 3.14. The van der Waals surface area contributed by atoms with Crippen LogP contribution >= 0.6 is 0 Å². The zero-order valence-electron chi connectivity index (χ0n) is 11.2. The van der Waals surface area contributed by atoms with E-state index in [2.05, 4.69) is 16.7 Å². The Bertz CT molecular complexity index is 221. The van der Waals surface area contributed by atoms with Crippen LogP contribution in [-0.4, -0.2) is 67.8 Å². The molecule has 0 aromatic heterocycles. The molecule has 2 heterocycles. The highest BCUT2D eigenvalue weighted by Gasteiger charge is 2.38. The number of nitrogens with zero attached hydrogens (tertiary/aromatic N) is 2. The smallest absolute Gasteiger partial charge is 0.0662 e. The Morgan fingerprint density at radius 1 is 1.24 bits per heavy atom. The molecule has 1 atom stereocenters. The third-order valence-corrected chi connectivity index (χ3v) is 4.26. The molecule has 0 amide bonds. The number of hydrogen-bond donors (Lipinski definition) is 1. The summed E-state index contributed by atoms with van der Waals surface area (Å²) in [5, 5.41) is 0. The normalized spacial score (nSPS) is 32.8. The van der Waals surface area contributed by atoms with Crippen molar-refractivity contribution >= 4 is 0 Å². The van der Waals surface area contributed by atoms with E-state index in [9.17, 15) is 0 Å². The van der Waals surface area contributed by atoms with Crippen molar-refractivity contribution in [3.63, 3.8) is 0 Å². The van der Waals surface area contributed by atoms with Gasteiger partial charge in [0, 0.05) is 39.3 Å². The van der Waals surface area contributed by atoms with Gasteiger partial charge in [0.15, 0.2) is 0 Å². The van der Waals surface area contributed by atoms with Crippen LogP contribution in [0.2, 0.25) is 0 Å². The fraction of sp³-hybridized carbons (Fsp3) is 1.00. The maximum Gasteiger partial charge on any atom is 0.0662 e. The van der Waals surface area contributed by atoms with Gasteiger partial charge in [0.1, 0.15) is 0 Å². The molecule has 0 aromatic rings. The average Bonchev–Trinajstić information content (AvgIpc) is 2.41. The summed E-state index contributed by atoms with van der Waals surface area (Å²) in [7, 11) is 0. The lowest BCUT2D eigenvalue weighted by molar-refractivity contribution is -0.0610. The minimum absolute atomic E-state index is 0.135. The quantitative estimate of drug-likeness (QED) is 0.779. The van der Waals surface area contributed by atoms with Crippen molar-refractivity contribution < 1.29 is 4.74 Å². The topological polar surface area (TPSA) is 41.7 Å². The summed E-state index contributed by atoms with van der Waals surface area (Å²) in [4.78, 5) is 5.14. The maximum atomic E-state index is 6.03. The molecular weight excluding hydrogens is 214 g/mol. The first-order chi connectivity index (χ1) is 8.30. The lowest BCUT2D eigenvalue weighted by atomic mass is 9.89. The molecule has 0 aliphatic carbocycles. The van der Waals surface area contributed by atoms with E-state index in [1.807, 2.05) is 0 Å². The highest BCUT2D eigenvalue weighted by molar-refractivity contribution is 4.95. The Morgan fingerprint density at radius 3 is 2.53 bits per heavy atom. The predicted octanol–water partition coefficient (Wildman–Crippen LogP) is 0.522. The molecule has 2 aliphatic rings. The lowest BCUT2D eigenvalue weighted by Crippen LogP contribution is -2.63. The van der Waals surface area contributed by atoms with Gasteiger partial charge < -0.3 is 15.4 Å². The molecule has 0 aromatic carbocycles. The largest absolute Gasteiger partial charge is 0.379 e. The van der Waals surface area contributed by atoms with E-state index in [0.29, 0.717) is 0 Å². The second-order valence-electron chi connectivity index (χ2n) is 5.41. The molecule has 2 N–H and O–H groups in total. The van der Waals surface area contributed by atoms with Gasteiger partial charge in [0.05, 0.1) is 12.1 Å². The molecule has 1 unspecified atom stereocenters. The number of ether oxygens (including phenoxy) is 1. The maximum absolute atomic E-state index is 6.03. The van der Waals surface area contributed by atoms with Gasteiger partial charge in [0.2, 0.25) is 0 Å². The minimum atomic E-state index is 0.135. The molecule has 0 radical (unpaired) electrons. The highest BCUT2D eigenvalue weighted by atomic mass is 16.5. The third kappa shape index (κ3) is 2.99. The van der Waals surface area contributed by atoms with Crippen molar-refractivity contribution in [2.75, 3.05) is 52.5 Å².